The van der Waals surface area contributed by atoms with Crippen molar-refractivity contribution < 1.29 is 9.53 Å². The third kappa shape index (κ3) is 4.28. The van der Waals surface area contributed by atoms with Gasteiger partial charge in [0.1, 0.15) is 5.75 Å². The zero-order chi connectivity index (χ0) is 15.4. The van der Waals surface area contributed by atoms with E-state index < -0.39 is 0 Å². The Morgan fingerprint density at radius 1 is 1.24 bits per heavy atom. The molecular formula is C15H14Cl2N2O2. The van der Waals surface area contributed by atoms with E-state index in [0.29, 0.717) is 27.2 Å². The van der Waals surface area contributed by atoms with Gasteiger partial charge in [-0.3, -0.25) is 4.79 Å². The van der Waals surface area contributed by atoms with E-state index in [1.807, 2.05) is 6.92 Å². The number of nitrogens with one attached hydrogen (secondary N) is 1. The van der Waals surface area contributed by atoms with Gasteiger partial charge in [0.2, 0.25) is 0 Å². The maximum absolute atomic E-state index is 11.8. The molecule has 1 amide bonds. The molecule has 0 aliphatic rings. The lowest BCUT2D eigenvalue weighted by atomic mass is 10.2. The molecule has 0 unspecified atom stereocenters. The quantitative estimate of drug-likeness (QED) is 0.838. The first-order chi connectivity index (χ1) is 9.95. The highest BCUT2D eigenvalue weighted by Gasteiger charge is 2.07. The maximum atomic E-state index is 11.8. The number of benzene rings is 2. The monoisotopic (exact) mass is 324 g/mol. The Morgan fingerprint density at radius 3 is 2.67 bits per heavy atom. The first-order valence-electron chi connectivity index (χ1n) is 6.19. The van der Waals surface area contributed by atoms with E-state index in [-0.39, 0.29) is 12.5 Å². The molecule has 0 heterocycles. The Kier molecular flexibility index (Phi) is 4.94. The molecule has 0 spiro atoms. The van der Waals surface area contributed by atoms with E-state index in [4.69, 9.17) is 33.7 Å². The Labute approximate surface area is 132 Å². The van der Waals surface area contributed by atoms with Crippen LogP contribution in [0, 0.1) is 6.92 Å². The molecule has 0 atom stereocenters. The molecule has 21 heavy (non-hydrogen) atoms. The number of aryl methyl sites for hydroxylation is 1. The number of nitrogen functional groups attached to an aromatic ring is 1. The van der Waals surface area contributed by atoms with Crippen molar-refractivity contribution in [2.75, 3.05) is 17.7 Å². The largest absolute Gasteiger partial charge is 0.483 e. The highest BCUT2D eigenvalue weighted by molar-refractivity contribution is 6.33. The van der Waals surface area contributed by atoms with Crippen molar-refractivity contribution in [2.24, 2.45) is 0 Å². The summed E-state index contributed by atoms with van der Waals surface area (Å²) in [7, 11) is 0. The molecule has 0 bridgehead atoms. The van der Waals surface area contributed by atoms with Crippen molar-refractivity contribution in [2.45, 2.75) is 6.92 Å². The average molecular weight is 325 g/mol. The lowest BCUT2D eigenvalue weighted by molar-refractivity contribution is -0.118. The molecule has 4 nitrogen and oxygen atoms in total. The van der Waals surface area contributed by atoms with Crippen molar-refractivity contribution in [1.29, 1.82) is 0 Å². The van der Waals surface area contributed by atoms with Crippen LogP contribution < -0.4 is 15.8 Å². The van der Waals surface area contributed by atoms with Crippen LogP contribution in [-0.2, 0) is 4.79 Å². The molecule has 0 aliphatic carbocycles. The van der Waals surface area contributed by atoms with Gasteiger partial charge in [-0.15, -0.1) is 0 Å². The van der Waals surface area contributed by atoms with Crippen molar-refractivity contribution in [3.63, 3.8) is 0 Å². The van der Waals surface area contributed by atoms with Gasteiger partial charge in [0.05, 0.1) is 10.7 Å². The minimum atomic E-state index is -0.286. The summed E-state index contributed by atoms with van der Waals surface area (Å²) >= 11 is 11.7. The standard InChI is InChI=1S/C15H14Cl2N2O2/c1-9-6-10(16)2-5-14(9)21-8-15(20)19-11-3-4-12(17)13(18)7-11/h2-7H,8,18H2,1H3,(H,19,20). The van der Waals surface area contributed by atoms with Crippen LogP contribution in [-0.4, -0.2) is 12.5 Å². The minimum absolute atomic E-state index is 0.106. The number of rotatable bonds is 4. The van der Waals surface area contributed by atoms with Crippen LogP contribution in [0.2, 0.25) is 10.0 Å². The molecule has 0 fully saturated rings. The van der Waals surface area contributed by atoms with Crippen LogP contribution in [0.3, 0.4) is 0 Å². The fourth-order valence-electron chi connectivity index (χ4n) is 1.74. The second-order valence-corrected chi connectivity index (χ2v) is 5.33. The molecule has 2 aromatic carbocycles. The van der Waals surface area contributed by atoms with Gasteiger partial charge in [-0.2, -0.15) is 0 Å². The van der Waals surface area contributed by atoms with Crippen LogP contribution in [0.5, 0.6) is 5.75 Å². The van der Waals surface area contributed by atoms with Crippen LogP contribution in [0.1, 0.15) is 5.56 Å². The fraction of sp³-hybridized carbons (Fsp3) is 0.133. The molecule has 6 heteroatoms. The second kappa shape index (κ2) is 6.70. The maximum Gasteiger partial charge on any atom is 0.262 e. The zero-order valence-corrected chi connectivity index (χ0v) is 12.8. The summed E-state index contributed by atoms with van der Waals surface area (Å²) in [6.07, 6.45) is 0. The summed E-state index contributed by atoms with van der Waals surface area (Å²) in [4.78, 5) is 11.8. The van der Waals surface area contributed by atoms with E-state index in [2.05, 4.69) is 5.32 Å². The number of ether oxygens (including phenoxy) is 1. The first-order valence-corrected chi connectivity index (χ1v) is 6.95. The molecule has 2 aromatic rings. The number of nitrogens with two attached hydrogens (primary N) is 1. The van der Waals surface area contributed by atoms with E-state index in [0.717, 1.165) is 5.56 Å². The molecule has 0 radical (unpaired) electrons. The molecule has 110 valence electrons. The SMILES string of the molecule is Cc1cc(Cl)ccc1OCC(=O)Nc1ccc(Cl)c(N)c1. The number of carbonyl (C=O) groups excluding carboxylic acids is 1. The highest BCUT2D eigenvalue weighted by atomic mass is 35.5. The van der Waals surface area contributed by atoms with E-state index in [1.165, 1.54) is 0 Å². The van der Waals surface area contributed by atoms with Gasteiger partial charge in [-0.25, -0.2) is 0 Å². The van der Waals surface area contributed by atoms with Gasteiger partial charge in [-0.1, -0.05) is 23.2 Å². The summed E-state index contributed by atoms with van der Waals surface area (Å²) in [5.74, 6) is 0.330. The third-order valence-electron chi connectivity index (χ3n) is 2.78. The molecule has 3 N–H and O–H groups in total. The minimum Gasteiger partial charge on any atom is -0.483 e. The smallest absolute Gasteiger partial charge is 0.262 e. The van der Waals surface area contributed by atoms with Crippen molar-refractivity contribution in [1.82, 2.24) is 0 Å². The number of anilines is 2. The Morgan fingerprint density at radius 2 is 2.00 bits per heavy atom. The molecular weight excluding hydrogens is 311 g/mol. The van der Waals surface area contributed by atoms with Gasteiger partial charge < -0.3 is 15.8 Å². The number of hydrogen-bond donors (Lipinski definition) is 2. The lowest BCUT2D eigenvalue weighted by Gasteiger charge is -2.10. The van der Waals surface area contributed by atoms with Gasteiger partial charge in [0, 0.05) is 10.7 Å². The van der Waals surface area contributed by atoms with E-state index >= 15 is 0 Å². The number of halogens is 2. The first kappa shape index (κ1) is 15.5. The number of hydrogen-bond acceptors (Lipinski definition) is 3. The van der Waals surface area contributed by atoms with Crippen LogP contribution >= 0.6 is 23.2 Å². The van der Waals surface area contributed by atoms with Gasteiger partial charge >= 0.3 is 0 Å². The Bertz CT molecular complexity index is 675. The summed E-state index contributed by atoms with van der Waals surface area (Å²) in [6.45, 7) is 1.75. The summed E-state index contributed by atoms with van der Waals surface area (Å²) in [5.41, 5.74) is 7.51. The van der Waals surface area contributed by atoms with Crippen molar-refractivity contribution >= 4 is 40.5 Å². The average Bonchev–Trinajstić information content (AvgIpc) is 2.42. The van der Waals surface area contributed by atoms with Crippen LogP contribution in [0.15, 0.2) is 36.4 Å². The van der Waals surface area contributed by atoms with E-state index in [9.17, 15) is 4.79 Å². The van der Waals surface area contributed by atoms with Crippen LogP contribution in [0.4, 0.5) is 11.4 Å². The molecule has 0 saturated heterocycles. The Balaban J connectivity index is 1.94. The third-order valence-corrected chi connectivity index (χ3v) is 3.35. The Hall–Kier alpha value is -1.91. The zero-order valence-electron chi connectivity index (χ0n) is 11.3. The summed E-state index contributed by atoms with van der Waals surface area (Å²) in [6, 6.07) is 10.1. The summed E-state index contributed by atoms with van der Waals surface area (Å²) in [5, 5.41) is 3.75. The fourth-order valence-corrected chi connectivity index (χ4v) is 2.08. The van der Waals surface area contributed by atoms with Crippen LogP contribution in [0.25, 0.3) is 0 Å². The molecule has 0 saturated carbocycles. The molecule has 0 aliphatic heterocycles. The highest BCUT2D eigenvalue weighted by Crippen LogP contribution is 2.23. The lowest BCUT2D eigenvalue weighted by Crippen LogP contribution is -2.20. The molecule has 0 aromatic heterocycles. The van der Waals surface area contributed by atoms with Gasteiger partial charge in [-0.05, 0) is 48.9 Å². The van der Waals surface area contributed by atoms with E-state index in [1.54, 1.807) is 36.4 Å². The predicted molar refractivity (Wildman–Crippen MR) is 86.2 cm³/mol. The predicted octanol–water partition coefficient (Wildman–Crippen LogP) is 3.90. The van der Waals surface area contributed by atoms with Gasteiger partial charge in [0.25, 0.3) is 5.91 Å². The molecule has 2 rings (SSSR count). The number of carbonyl (C=O) groups is 1. The van der Waals surface area contributed by atoms with Crippen molar-refractivity contribution in [3.05, 3.63) is 52.0 Å². The van der Waals surface area contributed by atoms with Crippen molar-refractivity contribution in [3.8, 4) is 5.75 Å². The normalized spacial score (nSPS) is 10.2. The number of amides is 1. The second-order valence-electron chi connectivity index (χ2n) is 4.48. The summed E-state index contributed by atoms with van der Waals surface area (Å²) < 4.78 is 5.45. The van der Waals surface area contributed by atoms with Gasteiger partial charge in [0.15, 0.2) is 6.61 Å². The topological polar surface area (TPSA) is 64.3 Å².